The van der Waals surface area contributed by atoms with Crippen molar-refractivity contribution in [3.8, 4) is 0 Å². The molecule has 0 aromatic carbocycles. The number of hydrogen-bond acceptors (Lipinski definition) is 4. The second kappa shape index (κ2) is 6.16. The van der Waals surface area contributed by atoms with Crippen LogP contribution in [0.25, 0.3) is 0 Å². The molecule has 1 aliphatic rings. The summed E-state index contributed by atoms with van der Waals surface area (Å²) in [6, 6.07) is 4.61. The zero-order valence-electron chi connectivity index (χ0n) is 11.0. The Balaban J connectivity index is 2.14. The van der Waals surface area contributed by atoms with E-state index in [-0.39, 0.29) is 12.6 Å². The van der Waals surface area contributed by atoms with Crippen molar-refractivity contribution in [3.05, 3.63) is 23.9 Å². The number of aliphatic hydroxyl groups excluding tert-OH is 1. The lowest BCUT2D eigenvalue weighted by atomic mass is 10.1. The average Bonchev–Trinajstić information content (AvgIpc) is 2.90. The Morgan fingerprint density at radius 1 is 1.44 bits per heavy atom. The molecule has 1 heterocycles. The van der Waals surface area contributed by atoms with Crippen LogP contribution in [0.1, 0.15) is 44.2 Å². The molecule has 0 amide bonds. The van der Waals surface area contributed by atoms with Crippen LogP contribution >= 0.6 is 0 Å². The Hall–Kier alpha value is -1.13. The number of pyridine rings is 1. The van der Waals surface area contributed by atoms with Gasteiger partial charge in [0, 0.05) is 24.8 Å². The lowest BCUT2D eigenvalue weighted by Gasteiger charge is -2.29. The van der Waals surface area contributed by atoms with E-state index in [1.165, 1.54) is 25.7 Å². The highest BCUT2D eigenvalue weighted by Gasteiger charge is 2.23. The van der Waals surface area contributed by atoms with Crippen LogP contribution in [0, 0.1) is 0 Å². The predicted octanol–water partition coefficient (Wildman–Crippen LogP) is 1.84. The highest BCUT2D eigenvalue weighted by Crippen LogP contribution is 2.27. The molecule has 4 nitrogen and oxygen atoms in total. The number of aromatic nitrogens is 1. The van der Waals surface area contributed by atoms with Gasteiger partial charge in [0.2, 0.25) is 0 Å². The maximum Gasteiger partial charge on any atom is 0.128 e. The Bertz CT molecular complexity index is 358. The van der Waals surface area contributed by atoms with Crippen LogP contribution in [0.2, 0.25) is 0 Å². The van der Waals surface area contributed by atoms with Gasteiger partial charge in [-0.1, -0.05) is 18.9 Å². The molecule has 1 aromatic heterocycles. The first kappa shape index (κ1) is 13.3. The summed E-state index contributed by atoms with van der Waals surface area (Å²) in [5.41, 5.74) is 6.88. The summed E-state index contributed by atoms with van der Waals surface area (Å²) in [7, 11) is 0. The number of hydrogen-bond donors (Lipinski definition) is 2. The quantitative estimate of drug-likeness (QED) is 0.836. The molecular formula is C14H23N3O. The molecule has 100 valence electrons. The summed E-state index contributed by atoms with van der Waals surface area (Å²) in [5, 5.41) is 9.21. The molecule has 3 N–H and O–H groups in total. The largest absolute Gasteiger partial charge is 0.395 e. The van der Waals surface area contributed by atoms with E-state index in [0.717, 1.165) is 11.4 Å². The third-order valence-corrected chi connectivity index (χ3v) is 3.70. The van der Waals surface area contributed by atoms with Gasteiger partial charge in [0.25, 0.3) is 0 Å². The highest BCUT2D eigenvalue weighted by molar-refractivity contribution is 5.41. The normalized spacial score (nSPS) is 17.9. The number of aliphatic hydroxyl groups is 1. The zero-order chi connectivity index (χ0) is 13.0. The number of nitrogens with two attached hydrogens (primary N) is 1. The minimum Gasteiger partial charge on any atom is -0.395 e. The van der Waals surface area contributed by atoms with Crippen LogP contribution < -0.4 is 10.6 Å². The first-order valence-electron chi connectivity index (χ1n) is 6.81. The van der Waals surface area contributed by atoms with Crippen LogP contribution in [0.4, 0.5) is 5.82 Å². The topological polar surface area (TPSA) is 62.4 Å². The standard InChI is InChI=1S/C14H23N3O/c1-11(15)12-6-7-14(16-10-12)17(8-9-18)13-4-2-3-5-13/h6-7,10-11,13,18H,2-5,8-9,15H2,1H3/t11-/m0/s1. The van der Waals surface area contributed by atoms with E-state index in [9.17, 15) is 5.11 Å². The molecule has 0 saturated heterocycles. The van der Waals surface area contributed by atoms with Gasteiger partial charge in [-0.15, -0.1) is 0 Å². The third-order valence-electron chi connectivity index (χ3n) is 3.70. The van der Waals surface area contributed by atoms with Crippen LogP contribution in [-0.2, 0) is 0 Å². The highest BCUT2D eigenvalue weighted by atomic mass is 16.3. The fourth-order valence-electron chi connectivity index (χ4n) is 2.64. The van der Waals surface area contributed by atoms with Gasteiger partial charge >= 0.3 is 0 Å². The second-order valence-electron chi connectivity index (χ2n) is 5.09. The van der Waals surface area contributed by atoms with Gasteiger partial charge in [-0.2, -0.15) is 0 Å². The van der Waals surface area contributed by atoms with E-state index in [4.69, 9.17) is 5.73 Å². The summed E-state index contributed by atoms with van der Waals surface area (Å²) < 4.78 is 0. The Labute approximate surface area is 109 Å². The molecule has 0 spiro atoms. The van der Waals surface area contributed by atoms with E-state index < -0.39 is 0 Å². The third kappa shape index (κ3) is 3.00. The second-order valence-corrected chi connectivity index (χ2v) is 5.09. The van der Waals surface area contributed by atoms with Crippen molar-refractivity contribution in [2.75, 3.05) is 18.1 Å². The minimum absolute atomic E-state index is 0.0179. The molecule has 1 aliphatic carbocycles. The van der Waals surface area contributed by atoms with Crippen molar-refractivity contribution in [3.63, 3.8) is 0 Å². The van der Waals surface area contributed by atoms with Gasteiger partial charge in [-0.25, -0.2) is 4.98 Å². The molecule has 0 unspecified atom stereocenters. The van der Waals surface area contributed by atoms with E-state index in [1.807, 2.05) is 25.3 Å². The molecule has 2 rings (SSSR count). The molecule has 1 aromatic rings. The van der Waals surface area contributed by atoms with Crippen molar-refractivity contribution < 1.29 is 5.11 Å². The first-order valence-corrected chi connectivity index (χ1v) is 6.81. The van der Waals surface area contributed by atoms with Gasteiger partial charge in [0.05, 0.1) is 6.61 Å². The van der Waals surface area contributed by atoms with E-state index in [2.05, 4.69) is 9.88 Å². The molecule has 18 heavy (non-hydrogen) atoms. The predicted molar refractivity (Wildman–Crippen MR) is 73.5 cm³/mol. The van der Waals surface area contributed by atoms with Gasteiger partial charge in [0.1, 0.15) is 5.82 Å². The van der Waals surface area contributed by atoms with Gasteiger partial charge < -0.3 is 15.7 Å². The summed E-state index contributed by atoms with van der Waals surface area (Å²) in [6.45, 7) is 2.79. The van der Waals surface area contributed by atoms with Crippen molar-refractivity contribution in [1.29, 1.82) is 0 Å². The Morgan fingerprint density at radius 3 is 2.67 bits per heavy atom. The monoisotopic (exact) mass is 249 g/mol. The van der Waals surface area contributed by atoms with Gasteiger partial charge in [-0.05, 0) is 31.4 Å². The van der Waals surface area contributed by atoms with E-state index in [0.29, 0.717) is 12.6 Å². The molecule has 4 heteroatoms. The zero-order valence-corrected chi connectivity index (χ0v) is 11.0. The lowest BCUT2D eigenvalue weighted by Crippen LogP contribution is -2.36. The number of nitrogens with zero attached hydrogens (tertiary/aromatic N) is 2. The maximum absolute atomic E-state index is 9.21. The van der Waals surface area contributed by atoms with Gasteiger partial charge in [0.15, 0.2) is 0 Å². The fraction of sp³-hybridized carbons (Fsp3) is 0.643. The number of rotatable bonds is 5. The van der Waals surface area contributed by atoms with Crippen molar-refractivity contribution in [2.45, 2.75) is 44.7 Å². The molecule has 0 aliphatic heterocycles. The Kier molecular flexibility index (Phi) is 4.55. The van der Waals surface area contributed by atoms with Crippen LogP contribution in [0.5, 0.6) is 0 Å². The smallest absolute Gasteiger partial charge is 0.128 e. The molecule has 1 atom stereocenters. The van der Waals surface area contributed by atoms with Crippen LogP contribution in [0.3, 0.4) is 0 Å². The molecule has 0 bridgehead atoms. The minimum atomic E-state index is 0.0179. The average molecular weight is 249 g/mol. The fourth-order valence-corrected chi connectivity index (χ4v) is 2.64. The molecule has 0 radical (unpaired) electrons. The van der Waals surface area contributed by atoms with E-state index >= 15 is 0 Å². The van der Waals surface area contributed by atoms with Crippen molar-refractivity contribution in [1.82, 2.24) is 4.98 Å². The van der Waals surface area contributed by atoms with Crippen LogP contribution in [-0.4, -0.2) is 29.3 Å². The van der Waals surface area contributed by atoms with Crippen molar-refractivity contribution >= 4 is 5.82 Å². The summed E-state index contributed by atoms with van der Waals surface area (Å²) in [4.78, 5) is 6.73. The molecule has 1 saturated carbocycles. The lowest BCUT2D eigenvalue weighted by molar-refractivity contribution is 0.297. The van der Waals surface area contributed by atoms with E-state index in [1.54, 1.807) is 0 Å². The molecule has 1 fully saturated rings. The number of anilines is 1. The molecular weight excluding hydrogens is 226 g/mol. The van der Waals surface area contributed by atoms with Gasteiger partial charge in [-0.3, -0.25) is 0 Å². The maximum atomic E-state index is 9.21. The van der Waals surface area contributed by atoms with Crippen molar-refractivity contribution in [2.24, 2.45) is 5.73 Å². The summed E-state index contributed by atoms with van der Waals surface area (Å²) >= 11 is 0. The first-order chi connectivity index (χ1) is 8.72. The SMILES string of the molecule is C[C@H](N)c1ccc(N(CCO)C2CCCC2)nc1. The Morgan fingerprint density at radius 2 is 2.17 bits per heavy atom. The summed E-state index contributed by atoms with van der Waals surface area (Å²) in [6.07, 6.45) is 6.82. The van der Waals surface area contributed by atoms with Crippen LogP contribution in [0.15, 0.2) is 18.3 Å². The summed E-state index contributed by atoms with van der Waals surface area (Å²) in [5.74, 6) is 0.959.